The molecule has 0 radical (unpaired) electrons. The Labute approximate surface area is 131 Å². The fourth-order valence-corrected chi connectivity index (χ4v) is 2.09. The molecule has 0 aliphatic rings. The minimum Gasteiger partial charge on any atom is -0.421 e. The standard InChI is InChI=1S/C17H23N3O2/c1-12(2)10-11-18-15(21)8-9-16-19-20-17(22-16)14-7-5-4-6-13(14)3/h4-7,12H,8-11H2,1-3H3,(H,18,21). The van der Waals surface area contributed by atoms with Crippen molar-refractivity contribution < 1.29 is 9.21 Å². The van der Waals surface area contributed by atoms with Crippen LogP contribution in [0, 0.1) is 12.8 Å². The first-order valence-electron chi connectivity index (χ1n) is 7.71. The predicted octanol–water partition coefficient (Wildman–Crippen LogP) is 3.14. The van der Waals surface area contributed by atoms with E-state index >= 15 is 0 Å². The van der Waals surface area contributed by atoms with Crippen LogP contribution >= 0.6 is 0 Å². The van der Waals surface area contributed by atoms with Crippen LogP contribution in [0.25, 0.3) is 11.5 Å². The van der Waals surface area contributed by atoms with Crippen molar-refractivity contribution in [3.8, 4) is 11.5 Å². The van der Waals surface area contributed by atoms with Gasteiger partial charge in [-0.3, -0.25) is 4.79 Å². The van der Waals surface area contributed by atoms with Crippen LogP contribution in [0.2, 0.25) is 0 Å². The highest BCUT2D eigenvalue weighted by Crippen LogP contribution is 2.21. The Morgan fingerprint density at radius 2 is 2.05 bits per heavy atom. The molecule has 0 spiro atoms. The molecule has 0 aliphatic heterocycles. The van der Waals surface area contributed by atoms with E-state index in [-0.39, 0.29) is 5.91 Å². The van der Waals surface area contributed by atoms with Gasteiger partial charge >= 0.3 is 0 Å². The number of benzene rings is 1. The molecule has 1 aromatic carbocycles. The van der Waals surface area contributed by atoms with E-state index in [2.05, 4.69) is 29.4 Å². The molecular weight excluding hydrogens is 278 g/mol. The number of hydrogen-bond acceptors (Lipinski definition) is 4. The number of hydrogen-bond donors (Lipinski definition) is 1. The fourth-order valence-electron chi connectivity index (χ4n) is 2.09. The molecule has 0 saturated carbocycles. The van der Waals surface area contributed by atoms with Gasteiger partial charge in [0.1, 0.15) is 0 Å². The Kier molecular flexibility index (Phi) is 5.69. The summed E-state index contributed by atoms with van der Waals surface area (Å²) in [6.07, 6.45) is 1.82. The molecule has 1 heterocycles. The summed E-state index contributed by atoms with van der Waals surface area (Å²) >= 11 is 0. The number of rotatable bonds is 7. The van der Waals surface area contributed by atoms with Crippen LogP contribution in [0.1, 0.15) is 38.1 Å². The SMILES string of the molecule is Cc1ccccc1-c1nnc(CCC(=O)NCCC(C)C)o1. The van der Waals surface area contributed by atoms with Crippen LogP contribution in [0.3, 0.4) is 0 Å². The van der Waals surface area contributed by atoms with Gasteiger partial charge in [-0.05, 0) is 30.9 Å². The zero-order chi connectivity index (χ0) is 15.9. The van der Waals surface area contributed by atoms with Crippen molar-refractivity contribution >= 4 is 5.91 Å². The van der Waals surface area contributed by atoms with E-state index in [0.717, 1.165) is 24.1 Å². The molecule has 5 nitrogen and oxygen atoms in total. The summed E-state index contributed by atoms with van der Waals surface area (Å²) in [4.78, 5) is 11.7. The van der Waals surface area contributed by atoms with Crippen LogP contribution in [-0.2, 0) is 11.2 Å². The van der Waals surface area contributed by atoms with Crippen molar-refractivity contribution in [1.82, 2.24) is 15.5 Å². The van der Waals surface area contributed by atoms with Crippen molar-refractivity contribution in [1.29, 1.82) is 0 Å². The maximum atomic E-state index is 11.7. The molecule has 0 atom stereocenters. The Morgan fingerprint density at radius 1 is 1.27 bits per heavy atom. The van der Waals surface area contributed by atoms with Crippen LogP contribution in [0.5, 0.6) is 0 Å². The highest BCUT2D eigenvalue weighted by atomic mass is 16.4. The van der Waals surface area contributed by atoms with Crippen molar-refractivity contribution in [2.75, 3.05) is 6.54 Å². The van der Waals surface area contributed by atoms with Gasteiger partial charge in [-0.15, -0.1) is 10.2 Å². The van der Waals surface area contributed by atoms with Crippen molar-refractivity contribution in [3.05, 3.63) is 35.7 Å². The summed E-state index contributed by atoms with van der Waals surface area (Å²) in [6.45, 7) is 6.99. The van der Waals surface area contributed by atoms with E-state index in [9.17, 15) is 4.79 Å². The van der Waals surface area contributed by atoms with Gasteiger partial charge in [-0.25, -0.2) is 0 Å². The minimum absolute atomic E-state index is 0.0243. The minimum atomic E-state index is 0.0243. The van der Waals surface area contributed by atoms with Gasteiger partial charge in [-0.1, -0.05) is 32.0 Å². The molecule has 0 fully saturated rings. The van der Waals surface area contributed by atoms with E-state index in [1.165, 1.54) is 0 Å². The largest absolute Gasteiger partial charge is 0.421 e. The molecule has 22 heavy (non-hydrogen) atoms. The maximum absolute atomic E-state index is 11.7. The molecule has 1 N–H and O–H groups in total. The maximum Gasteiger partial charge on any atom is 0.247 e. The van der Waals surface area contributed by atoms with Gasteiger partial charge in [0, 0.05) is 24.9 Å². The molecule has 1 aromatic heterocycles. The molecular formula is C17H23N3O2. The molecule has 2 aromatic rings. The second-order valence-electron chi connectivity index (χ2n) is 5.85. The Morgan fingerprint density at radius 3 is 2.77 bits per heavy atom. The molecule has 5 heteroatoms. The lowest BCUT2D eigenvalue weighted by molar-refractivity contribution is -0.121. The van der Waals surface area contributed by atoms with E-state index in [4.69, 9.17) is 4.42 Å². The van der Waals surface area contributed by atoms with E-state index in [0.29, 0.717) is 30.5 Å². The highest BCUT2D eigenvalue weighted by molar-refractivity contribution is 5.75. The first-order valence-corrected chi connectivity index (χ1v) is 7.71. The molecule has 0 unspecified atom stereocenters. The first kappa shape index (κ1) is 16.2. The first-order chi connectivity index (χ1) is 10.6. The number of carbonyl (C=O) groups is 1. The zero-order valence-electron chi connectivity index (χ0n) is 13.4. The summed E-state index contributed by atoms with van der Waals surface area (Å²) in [5.74, 6) is 1.62. The van der Waals surface area contributed by atoms with E-state index in [1.54, 1.807) is 0 Å². The van der Waals surface area contributed by atoms with Crippen molar-refractivity contribution in [3.63, 3.8) is 0 Å². The number of amides is 1. The van der Waals surface area contributed by atoms with Crippen LogP contribution < -0.4 is 5.32 Å². The summed E-state index contributed by atoms with van der Waals surface area (Å²) in [5, 5.41) is 11.0. The third-order valence-electron chi connectivity index (χ3n) is 3.45. The summed E-state index contributed by atoms with van der Waals surface area (Å²) in [5.41, 5.74) is 2.02. The van der Waals surface area contributed by atoms with Gasteiger partial charge < -0.3 is 9.73 Å². The van der Waals surface area contributed by atoms with Crippen LogP contribution in [-0.4, -0.2) is 22.6 Å². The number of carbonyl (C=O) groups excluding carboxylic acids is 1. The third-order valence-corrected chi connectivity index (χ3v) is 3.45. The fraction of sp³-hybridized carbons (Fsp3) is 0.471. The van der Waals surface area contributed by atoms with Crippen molar-refractivity contribution in [2.24, 2.45) is 5.92 Å². The van der Waals surface area contributed by atoms with E-state index < -0.39 is 0 Å². The molecule has 118 valence electrons. The van der Waals surface area contributed by atoms with Gasteiger partial charge in [0.2, 0.25) is 17.7 Å². The lowest BCUT2D eigenvalue weighted by atomic mass is 10.1. The smallest absolute Gasteiger partial charge is 0.247 e. The molecule has 2 rings (SSSR count). The second-order valence-corrected chi connectivity index (χ2v) is 5.85. The average molecular weight is 301 g/mol. The highest BCUT2D eigenvalue weighted by Gasteiger charge is 2.11. The summed E-state index contributed by atoms with van der Waals surface area (Å²) in [7, 11) is 0. The molecule has 0 aliphatic carbocycles. The Bertz CT molecular complexity index is 620. The topological polar surface area (TPSA) is 68.0 Å². The monoisotopic (exact) mass is 301 g/mol. The van der Waals surface area contributed by atoms with Crippen LogP contribution in [0.4, 0.5) is 0 Å². The van der Waals surface area contributed by atoms with Crippen LogP contribution in [0.15, 0.2) is 28.7 Å². The van der Waals surface area contributed by atoms with Gasteiger partial charge in [0.15, 0.2) is 0 Å². The second kappa shape index (κ2) is 7.73. The average Bonchev–Trinajstić information content (AvgIpc) is 2.94. The molecule has 0 saturated heterocycles. The number of aromatic nitrogens is 2. The van der Waals surface area contributed by atoms with Gasteiger partial charge in [0.05, 0.1) is 0 Å². The quantitative estimate of drug-likeness (QED) is 0.853. The molecule has 0 bridgehead atoms. The lowest BCUT2D eigenvalue weighted by Gasteiger charge is -2.06. The number of nitrogens with zero attached hydrogens (tertiary/aromatic N) is 2. The number of aryl methyl sites for hydroxylation is 2. The normalized spacial score (nSPS) is 10.9. The lowest BCUT2D eigenvalue weighted by Crippen LogP contribution is -2.25. The summed E-state index contributed by atoms with van der Waals surface area (Å²) in [6, 6.07) is 7.86. The Balaban J connectivity index is 1.85. The molecule has 1 amide bonds. The third kappa shape index (κ3) is 4.69. The number of nitrogens with one attached hydrogen (secondary N) is 1. The predicted molar refractivity (Wildman–Crippen MR) is 85.3 cm³/mol. The van der Waals surface area contributed by atoms with Crippen molar-refractivity contribution in [2.45, 2.75) is 40.0 Å². The van der Waals surface area contributed by atoms with Gasteiger partial charge in [0.25, 0.3) is 0 Å². The Hall–Kier alpha value is -2.17. The van der Waals surface area contributed by atoms with E-state index in [1.807, 2.05) is 31.2 Å². The van der Waals surface area contributed by atoms with Gasteiger partial charge in [-0.2, -0.15) is 0 Å². The zero-order valence-corrected chi connectivity index (χ0v) is 13.4. The summed E-state index contributed by atoms with van der Waals surface area (Å²) < 4.78 is 5.64.